The molecule has 1 aromatic carbocycles. The minimum atomic E-state index is -2.75. The lowest BCUT2D eigenvalue weighted by atomic mass is 9.85. The molecule has 0 radical (unpaired) electrons. The fourth-order valence-corrected chi connectivity index (χ4v) is 6.26. The number of benzene rings is 1. The van der Waals surface area contributed by atoms with E-state index in [0.717, 1.165) is 51.4 Å². The minimum absolute atomic E-state index is 0.197. The Hall–Kier alpha value is -3.34. The van der Waals surface area contributed by atoms with E-state index in [4.69, 9.17) is 14.7 Å². The molecule has 0 spiro atoms. The number of carbonyl (C=O) groups excluding carboxylic acids is 1. The van der Waals surface area contributed by atoms with E-state index in [0.29, 0.717) is 67.4 Å². The maximum atomic E-state index is 14.1. The monoisotopic (exact) mass is 553 g/mol. The van der Waals surface area contributed by atoms with Gasteiger partial charge in [-0.3, -0.25) is 9.36 Å². The first-order valence-electron chi connectivity index (χ1n) is 14.6. The standard InChI is InChI=1S/C29H37F2N7O2/c30-26(31)27-34-22-7-3-4-8-23(22)38(27)25-17-24(37-13-15-40-16-14-37)35-29(36-25)32-18-19-9-11-21(12-10-19)33-28(39)20-5-1-2-6-20/h3-4,7-8,17,19-21,26H,1-2,5-6,9-16,18H2,(H,33,39)(H,32,35,36). The average molecular weight is 554 g/mol. The molecule has 2 saturated carbocycles. The van der Waals surface area contributed by atoms with Gasteiger partial charge >= 0.3 is 0 Å². The van der Waals surface area contributed by atoms with Crippen molar-refractivity contribution in [1.29, 1.82) is 0 Å². The van der Waals surface area contributed by atoms with Crippen LogP contribution in [0.5, 0.6) is 0 Å². The first-order valence-corrected chi connectivity index (χ1v) is 14.6. The number of hydrogen-bond acceptors (Lipinski definition) is 7. The molecule has 0 unspecified atom stereocenters. The Morgan fingerprint density at radius 1 is 0.975 bits per heavy atom. The van der Waals surface area contributed by atoms with Gasteiger partial charge in [-0.05, 0) is 56.6 Å². The first-order chi connectivity index (χ1) is 19.5. The van der Waals surface area contributed by atoms with E-state index in [9.17, 15) is 13.6 Å². The molecule has 2 aliphatic carbocycles. The number of halogens is 2. The number of imidazole rings is 1. The van der Waals surface area contributed by atoms with Crippen molar-refractivity contribution >= 4 is 28.7 Å². The Bertz CT molecular complexity index is 1310. The number of aromatic nitrogens is 4. The lowest BCUT2D eigenvalue weighted by Crippen LogP contribution is -2.41. The molecule has 3 aromatic rings. The molecule has 1 amide bonds. The van der Waals surface area contributed by atoms with E-state index >= 15 is 0 Å². The van der Waals surface area contributed by atoms with Gasteiger partial charge in [0.2, 0.25) is 11.9 Å². The third-order valence-electron chi connectivity index (χ3n) is 8.51. The van der Waals surface area contributed by atoms with Crippen LogP contribution in [0.15, 0.2) is 30.3 Å². The predicted molar refractivity (Wildman–Crippen MR) is 149 cm³/mol. The van der Waals surface area contributed by atoms with E-state index in [1.807, 2.05) is 6.07 Å². The summed E-state index contributed by atoms with van der Waals surface area (Å²) in [6.07, 6.45) is 5.53. The molecule has 3 fully saturated rings. The highest BCUT2D eigenvalue weighted by atomic mass is 19.3. The molecule has 11 heteroatoms. The second-order valence-corrected chi connectivity index (χ2v) is 11.2. The third kappa shape index (κ3) is 5.89. The van der Waals surface area contributed by atoms with Crippen molar-refractivity contribution in [3.8, 4) is 5.82 Å². The summed E-state index contributed by atoms with van der Waals surface area (Å²) in [5.74, 6) is 1.96. The summed E-state index contributed by atoms with van der Waals surface area (Å²) in [4.78, 5) is 28.3. The molecule has 1 saturated heterocycles. The molecular weight excluding hydrogens is 516 g/mol. The van der Waals surface area contributed by atoms with Crippen LogP contribution in [0, 0.1) is 11.8 Å². The second kappa shape index (κ2) is 12.0. The Morgan fingerprint density at radius 2 is 1.70 bits per heavy atom. The average Bonchev–Trinajstić information content (AvgIpc) is 3.66. The predicted octanol–water partition coefficient (Wildman–Crippen LogP) is 4.87. The van der Waals surface area contributed by atoms with Crippen LogP contribution in [0.1, 0.15) is 63.6 Å². The fourth-order valence-electron chi connectivity index (χ4n) is 6.26. The SMILES string of the molecule is O=C(NC1CCC(CNc2nc(N3CCOCC3)cc(-n3c(C(F)F)nc4ccccc43)n2)CC1)C1CCCC1. The zero-order valence-corrected chi connectivity index (χ0v) is 22.7. The van der Waals surface area contributed by atoms with Crippen LogP contribution in [0.4, 0.5) is 20.5 Å². The maximum absolute atomic E-state index is 14.1. The second-order valence-electron chi connectivity index (χ2n) is 11.2. The molecule has 6 rings (SSSR count). The van der Waals surface area contributed by atoms with Crippen molar-refractivity contribution in [2.24, 2.45) is 11.8 Å². The summed E-state index contributed by atoms with van der Waals surface area (Å²) in [5, 5.41) is 6.69. The molecule has 3 heterocycles. The Kier molecular flexibility index (Phi) is 8.08. The van der Waals surface area contributed by atoms with Gasteiger partial charge in [0.1, 0.15) is 11.6 Å². The van der Waals surface area contributed by atoms with E-state index in [2.05, 4.69) is 20.5 Å². The number of hydrogen-bond donors (Lipinski definition) is 2. The molecule has 3 aliphatic rings. The largest absolute Gasteiger partial charge is 0.378 e. The zero-order chi connectivity index (χ0) is 27.5. The van der Waals surface area contributed by atoms with Crippen LogP contribution >= 0.6 is 0 Å². The van der Waals surface area contributed by atoms with Gasteiger partial charge in [-0.2, -0.15) is 9.97 Å². The Balaban J connectivity index is 1.18. The summed E-state index contributed by atoms with van der Waals surface area (Å²) >= 11 is 0. The lowest BCUT2D eigenvalue weighted by Gasteiger charge is -2.30. The van der Waals surface area contributed by atoms with Gasteiger partial charge in [-0.1, -0.05) is 25.0 Å². The number of rotatable bonds is 8. The number of nitrogens with one attached hydrogen (secondary N) is 2. The number of anilines is 2. The highest BCUT2D eigenvalue weighted by Crippen LogP contribution is 2.31. The van der Waals surface area contributed by atoms with Crippen molar-refractivity contribution in [1.82, 2.24) is 24.8 Å². The van der Waals surface area contributed by atoms with Crippen molar-refractivity contribution in [2.45, 2.75) is 63.8 Å². The smallest absolute Gasteiger partial charge is 0.296 e. The summed E-state index contributed by atoms with van der Waals surface area (Å²) in [5.41, 5.74) is 1.07. The van der Waals surface area contributed by atoms with Gasteiger partial charge in [-0.15, -0.1) is 0 Å². The third-order valence-corrected chi connectivity index (χ3v) is 8.51. The summed E-state index contributed by atoms with van der Waals surface area (Å²) in [6.45, 7) is 3.18. The lowest BCUT2D eigenvalue weighted by molar-refractivity contribution is -0.125. The van der Waals surface area contributed by atoms with Crippen LogP contribution in [0.25, 0.3) is 16.9 Å². The number of nitrogens with zero attached hydrogens (tertiary/aromatic N) is 5. The number of ether oxygens (including phenoxy) is 1. The Morgan fingerprint density at radius 3 is 2.45 bits per heavy atom. The van der Waals surface area contributed by atoms with Crippen LogP contribution in [-0.4, -0.2) is 64.3 Å². The summed E-state index contributed by atoms with van der Waals surface area (Å²) in [6, 6.07) is 9.12. The molecule has 40 heavy (non-hydrogen) atoms. The van der Waals surface area contributed by atoms with Crippen LogP contribution in [-0.2, 0) is 9.53 Å². The van der Waals surface area contributed by atoms with Crippen molar-refractivity contribution in [3.05, 3.63) is 36.2 Å². The first kappa shape index (κ1) is 26.9. The highest BCUT2D eigenvalue weighted by molar-refractivity contribution is 5.79. The van der Waals surface area contributed by atoms with Gasteiger partial charge < -0.3 is 20.3 Å². The molecule has 1 aliphatic heterocycles. The van der Waals surface area contributed by atoms with E-state index in [-0.39, 0.29) is 23.7 Å². The van der Waals surface area contributed by atoms with Crippen molar-refractivity contribution < 1.29 is 18.3 Å². The number of amides is 1. The zero-order valence-electron chi connectivity index (χ0n) is 22.7. The number of para-hydroxylation sites is 2. The number of fused-ring (bicyclic) bond motifs is 1. The summed E-state index contributed by atoms with van der Waals surface area (Å²) < 4.78 is 35.2. The van der Waals surface area contributed by atoms with Gasteiger partial charge in [0, 0.05) is 37.7 Å². The molecule has 2 N–H and O–H groups in total. The fraction of sp³-hybridized carbons (Fsp3) is 0.586. The quantitative estimate of drug-likeness (QED) is 0.411. The van der Waals surface area contributed by atoms with Crippen LogP contribution < -0.4 is 15.5 Å². The molecule has 0 bridgehead atoms. The van der Waals surface area contributed by atoms with Crippen LogP contribution in [0.3, 0.4) is 0 Å². The molecular formula is C29H37F2N7O2. The number of morpholine rings is 1. The van der Waals surface area contributed by atoms with Crippen LogP contribution in [0.2, 0.25) is 0 Å². The normalized spacial score (nSPS) is 22.2. The van der Waals surface area contributed by atoms with Gasteiger partial charge in [-0.25, -0.2) is 13.8 Å². The van der Waals surface area contributed by atoms with E-state index in [1.165, 1.54) is 4.57 Å². The molecule has 2 aromatic heterocycles. The van der Waals surface area contributed by atoms with E-state index in [1.54, 1.807) is 24.3 Å². The van der Waals surface area contributed by atoms with Gasteiger partial charge in [0.25, 0.3) is 6.43 Å². The van der Waals surface area contributed by atoms with Crippen molar-refractivity contribution in [3.63, 3.8) is 0 Å². The topological polar surface area (TPSA) is 97.2 Å². The van der Waals surface area contributed by atoms with Gasteiger partial charge in [0.05, 0.1) is 24.2 Å². The number of carbonyl (C=O) groups is 1. The van der Waals surface area contributed by atoms with E-state index < -0.39 is 6.43 Å². The van der Waals surface area contributed by atoms with Crippen molar-refractivity contribution in [2.75, 3.05) is 43.1 Å². The van der Waals surface area contributed by atoms with Gasteiger partial charge in [0.15, 0.2) is 5.82 Å². The molecule has 0 atom stereocenters. The molecule has 214 valence electrons. The maximum Gasteiger partial charge on any atom is 0.296 e. The minimum Gasteiger partial charge on any atom is -0.378 e. The highest BCUT2D eigenvalue weighted by Gasteiger charge is 2.28. The Labute approximate surface area is 232 Å². The molecule has 9 nitrogen and oxygen atoms in total. The summed E-state index contributed by atoms with van der Waals surface area (Å²) in [7, 11) is 0. The number of alkyl halides is 2.